The number of nitrogens with one attached hydrogen (secondary N) is 2. The Morgan fingerprint density at radius 1 is 1.23 bits per heavy atom. The first kappa shape index (κ1) is 21.1. The van der Waals surface area contributed by atoms with E-state index in [9.17, 15) is 10.1 Å². The molecule has 0 saturated heterocycles. The van der Waals surface area contributed by atoms with E-state index in [1.54, 1.807) is 11.3 Å². The lowest BCUT2D eigenvalue weighted by atomic mass is 9.91. The van der Waals surface area contributed by atoms with Crippen LogP contribution >= 0.6 is 11.3 Å². The lowest BCUT2D eigenvalue weighted by molar-refractivity contribution is -0.116. The Kier molecular flexibility index (Phi) is 6.86. The minimum Gasteiger partial charge on any atom is -0.317 e. The molecule has 0 bridgehead atoms. The summed E-state index contributed by atoms with van der Waals surface area (Å²) in [5.41, 5.74) is 4.88. The Hall–Kier alpha value is -2.16. The minimum absolute atomic E-state index is 0.0353. The van der Waals surface area contributed by atoms with E-state index in [1.165, 1.54) is 28.8 Å². The number of carbonyl (C=O) groups is 1. The fourth-order valence-electron chi connectivity index (χ4n) is 4.86. The van der Waals surface area contributed by atoms with Crippen molar-refractivity contribution in [3.05, 3.63) is 51.4 Å². The first-order valence-electron chi connectivity index (χ1n) is 11.3. The van der Waals surface area contributed by atoms with Gasteiger partial charge in [-0.25, -0.2) is 0 Å². The number of fused-ring (bicyclic) bond motifs is 2. The minimum atomic E-state index is 0.0353. The van der Waals surface area contributed by atoms with Crippen LogP contribution in [0.4, 0.5) is 5.00 Å². The van der Waals surface area contributed by atoms with E-state index in [0.717, 1.165) is 55.6 Å². The average molecular weight is 422 g/mol. The molecule has 0 fully saturated rings. The topological polar surface area (TPSA) is 64.9 Å². The van der Waals surface area contributed by atoms with E-state index in [1.807, 2.05) is 0 Å². The van der Waals surface area contributed by atoms with Gasteiger partial charge >= 0.3 is 0 Å². The summed E-state index contributed by atoms with van der Waals surface area (Å²) in [4.78, 5) is 13.5. The van der Waals surface area contributed by atoms with E-state index < -0.39 is 0 Å². The molecule has 5 heteroatoms. The third-order valence-corrected chi connectivity index (χ3v) is 7.72. The number of rotatable bonds is 8. The van der Waals surface area contributed by atoms with E-state index in [-0.39, 0.29) is 5.91 Å². The number of nitrogens with zero attached hydrogens (tertiary/aromatic N) is 1. The number of nitriles is 1. The standard InChI is InChI=1S/C25H31N3OS/c1-2-3-4-9-24(29)28-25-22(15-26)21-13-12-19(14-23(21)30-25)27-16-18-11-10-17-7-5-6-8-20(17)18/h5-8,18-19,27H,2-4,9-14,16H2,1H3,(H,28,29). The lowest BCUT2D eigenvalue weighted by Crippen LogP contribution is -2.36. The van der Waals surface area contributed by atoms with Crippen LogP contribution in [0, 0.1) is 11.3 Å². The van der Waals surface area contributed by atoms with Crippen LogP contribution in [0.15, 0.2) is 24.3 Å². The molecule has 2 aromatic rings. The zero-order chi connectivity index (χ0) is 20.9. The van der Waals surface area contributed by atoms with Crippen molar-refractivity contribution in [1.29, 1.82) is 5.26 Å². The lowest BCUT2D eigenvalue weighted by Gasteiger charge is -2.25. The van der Waals surface area contributed by atoms with Gasteiger partial charge in [0.2, 0.25) is 5.91 Å². The number of hydrogen-bond acceptors (Lipinski definition) is 4. The largest absolute Gasteiger partial charge is 0.317 e. The molecule has 30 heavy (non-hydrogen) atoms. The number of hydrogen-bond donors (Lipinski definition) is 2. The predicted octanol–water partition coefficient (Wildman–Crippen LogP) is 5.32. The maximum atomic E-state index is 12.3. The van der Waals surface area contributed by atoms with Gasteiger partial charge < -0.3 is 10.6 Å². The molecule has 2 aliphatic rings. The fraction of sp³-hybridized carbons (Fsp3) is 0.520. The van der Waals surface area contributed by atoms with Crippen molar-refractivity contribution in [2.45, 2.75) is 76.7 Å². The molecule has 4 rings (SSSR count). The van der Waals surface area contributed by atoms with Gasteiger partial charge in [0.1, 0.15) is 11.1 Å². The molecule has 1 aromatic heterocycles. The van der Waals surface area contributed by atoms with Crippen molar-refractivity contribution in [2.24, 2.45) is 0 Å². The van der Waals surface area contributed by atoms with E-state index in [0.29, 0.717) is 23.9 Å². The van der Waals surface area contributed by atoms with Crippen LogP contribution in [-0.2, 0) is 24.1 Å². The van der Waals surface area contributed by atoms with Gasteiger partial charge in [0.05, 0.1) is 5.56 Å². The number of anilines is 1. The molecule has 0 spiro atoms. The molecule has 2 atom stereocenters. The smallest absolute Gasteiger partial charge is 0.225 e. The van der Waals surface area contributed by atoms with Gasteiger partial charge in [0.15, 0.2) is 0 Å². The second kappa shape index (κ2) is 9.76. The highest BCUT2D eigenvalue weighted by molar-refractivity contribution is 7.16. The maximum absolute atomic E-state index is 12.3. The number of carbonyl (C=O) groups excluding carboxylic acids is 1. The van der Waals surface area contributed by atoms with Crippen LogP contribution in [-0.4, -0.2) is 18.5 Å². The number of aryl methyl sites for hydroxylation is 1. The van der Waals surface area contributed by atoms with Gasteiger partial charge in [-0.1, -0.05) is 44.0 Å². The number of amides is 1. The first-order chi connectivity index (χ1) is 14.7. The van der Waals surface area contributed by atoms with Gasteiger partial charge in [-0.15, -0.1) is 11.3 Å². The molecule has 0 aliphatic heterocycles. The van der Waals surface area contributed by atoms with Crippen LogP contribution in [0.5, 0.6) is 0 Å². The summed E-state index contributed by atoms with van der Waals surface area (Å²) in [6, 6.07) is 11.6. The summed E-state index contributed by atoms with van der Waals surface area (Å²) in [5.74, 6) is 0.645. The number of benzene rings is 1. The first-order valence-corrected chi connectivity index (χ1v) is 12.2. The Labute approximate surface area is 183 Å². The highest BCUT2D eigenvalue weighted by Gasteiger charge is 2.28. The molecule has 4 nitrogen and oxygen atoms in total. The third kappa shape index (κ3) is 4.61. The van der Waals surface area contributed by atoms with E-state index in [2.05, 4.69) is 47.9 Å². The zero-order valence-electron chi connectivity index (χ0n) is 17.8. The zero-order valence-corrected chi connectivity index (χ0v) is 18.6. The van der Waals surface area contributed by atoms with Crippen molar-refractivity contribution in [2.75, 3.05) is 11.9 Å². The van der Waals surface area contributed by atoms with Gasteiger partial charge in [-0.2, -0.15) is 5.26 Å². The predicted molar refractivity (Wildman–Crippen MR) is 123 cm³/mol. The average Bonchev–Trinajstić information content (AvgIpc) is 3.32. The van der Waals surface area contributed by atoms with Crippen LogP contribution < -0.4 is 10.6 Å². The second-order valence-corrected chi connectivity index (χ2v) is 9.71. The van der Waals surface area contributed by atoms with Gasteiger partial charge in [-0.05, 0) is 61.1 Å². The van der Waals surface area contributed by atoms with Gasteiger partial charge in [-0.3, -0.25) is 4.79 Å². The molecular weight excluding hydrogens is 390 g/mol. The number of thiophene rings is 1. The molecule has 0 radical (unpaired) electrons. The fourth-order valence-corrected chi connectivity index (χ4v) is 6.15. The Morgan fingerprint density at radius 3 is 2.93 bits per heavy atom. The second-order valence-electron chi connectivity index (χ2n) is 8.61. The highest BCUT2D eigenvalue weighted by Crippen LogP contribution is 2.38. The van der Waals surface area contributed by atoms with Gasteiger partial charge in [0.25, 0.3) is 0 Å². The molecule has 0 saturated carbocycles. The molecule has 2 unspecified atom stereocenters. The summed E-state index contributed by atoms with van der Waals surface area (Å²) < 4.78 is 0. The SMILES string of the molecule is CCCCCC(=O)Nc1sc2c(c1C#N)CCC(NCC1CCc3ccccc31)C2. The van der Waals surface area contributed by atoms with Crippen LogP contribution in [0.25, 0.3) is 0 Å². The number of unbranched alkanes of at least 4 members (excludes halogenated alkanes) is 2. The summed E-state index contributed by atoms with van der Waals surface area (Å²) in [5, 5.41) is 17.3. The monoisotopic (exact) mass is 421 g/mol. The molecule has 1 aromatic carbocycles. The summed E-state index contributed by atoms with van der Waals surface area (Å²) in [6.45, 7) is 3.16. The van der Waals surface area contributed by atoms with Crippen molar-refractivity contribution < 1.29 is 4.79 Å². The van der Waals surface area contributed by atoms with Crippen molar-refractivity contribution in [1.82, 2.24) is 5.32 Å². The van der Waals surface area contributed by atoms with Crippen molar-refractivity contribution in [3.8, 4) is 6.07 Å². The van der Waals surface area contributed by atoms with E-state index >= 15 is 0 Å². The molecule has 2 N–H and O–H groups in total. The van der Waals surface area contributed by atoms with Gasteiger partial charge in [0, 0.05) is 23.9 Å². The van der Waals surface area contributed by atoms with Crippen LogP contribution in [0.3, 0.4) is 0 Å². The molecule has 1 amide bonds. The Bertz CT molecular complexity index is 942. The molecular formula is C25H31N3OS. The third-order valence-electron chi connectivity index (χ3n) is 6.55. The normalized spacial score (nSPS) is 19.7. The molecule has 2 aliphatic carbocycles. The summed E-state index contributed by atoms with van der Waals surface area (Å²) in [6.07, 6.45) is 8.96. The Balaban J connectivity index is 1.36. The maximum Gasteiger partial charge on any atom is 0.225 e. The Morgan fingerprint density at radius 2 is 2.10 bits per heavy atom. The molecule has 1 heterocycles. The summed E-state index contributed by atoms with van der Waals surface area (Å²) in [7, 11) is 0. The van der Waals surface area contributed by atoms with Crippen molar-refractivity contribution >= 4 is 22.2 Å². The van der Waals surface area contributed by atoms with Crippen LogP contribution in [0.1, 0.15) is 78.5 Å². The van der Waals surface area contributed by atoms with Crippen molar-refractivity contribution in [3.63, 3.8) is 0 Å². The summed E-state index contributed by atoms with van der Waals surface area (Å²) >= 11 is 1.61. The highest BCUT2D eigenvalue weighted by atomic mass is 32.1. The molecule has 158 valence electrons. The van der Waals surface area contributed by atoms with Crippen LogP contribution in [0.2, 0.25) is 0 Å². The van der Waals surface area contributed by atoms with E-state index in [4.69, 9.17) is 0 Å². The quantitative estimate of drug-likeness (QED) is 0.567.